The first kappa shape index (κ1) is 33.8. The molecule has 5 N–H and O–H groups in total. The number of likely N-dealkylation sites (tertiary alicyclic amines) is 1. The fraction of sp³-hybridized carbons (Fsp3) is 0.938. The number of nitrogens with zero attached hydrogens (tertiary/aromatic N) is 3. The molecule has 8 unspecified atom stereocenters. The number of carbonyl (C=O) groups excluding carboxylic acids is 2. The van der Waals surface area contributed by atoms with E-state index >= 15 is 0 Å². The number of aliphatic hydroxyl groups is 1. The standard InChI is InChI=1S/C32H56ClN7O5/c1-21(41)39-9-11-40(12-10-39)30-14-23(13-29(37-30)36-24-3-2-4-24)32(43)35-15-25(42)18-38-8-7-27-22(17-38)5-6-28(31(27)33)44-19-26-16-34-20-45-26/h22-31,34,36-37,42H,2-20H2,1H3,(H,35,43)/t22?,23?,25-,26?,27?,28?,29?,30?,31?/m0/s1. The highest BCUT2D eigenvalue weighted by atomic mass is 35.5. The summed E-state index contributed by atoms with van der Waals surface area (Å²) in [5.41, 5.74) is 0. The molecule has 9 atom stereocenters. The molecule has 0 radical (unpaired) electrons. The monoisotopic (exact) mass is 653 g/mol. The third-order valence-corrected chi connectivity index (χ3v) is 11.9. The van der Waals surface area contributed by atoms with Crippen LogP contribution >= 0.6 is 11.6 Å². The fourth-order valence-electron chi connectivity index (χ4n) is 8.33. The lowest BCUT2D eigenvalue weighted by molar-refractivity contribution is -0.131. The number of fused-ring (bicyclic) bond motifs is 1. The summed E-state index contributed by atoms with van der Waals surface area (Å²) in [5, 5.41) is 24.8. The molecule has 4 heterocycles. The summed E-state index contributed by atoms with van der Waals surface area (Å²) in [6, 6.07) is 0.520. The Kier molecular flexibility index (Phi) is 11.9. The number of hydrogen-bond acceptors (Lipinski definition) is 10. The van der Waals surface area contributed by atoms with Gasteiger partial charge in [-0.15, -0.1) is 11.6 Å². The number of β-amino-alcohol motifs (C(OH)–C–C–N with tert-alkyl or cyclic N) is 1. The van der Waals surface area contributed by atoms with Crippen LogP contribution in [-0.4, -0.2) is 146 Å². The molecule has 12 nitrogen and oxygen atoms in total. The zero-order chi connectivity index (χ0) is 31.3. The van der Waals surface area contributed by atoms with Crippen molar-refractivity contribution >= 4 is 23.4 Å². The molecule has 256 valence electrons. The van der Waals surface area contributed by atoms with Gasteiger partial charge >= 0.3 is 0 Å². The highest BCUT2D eigenvalue weighted by molar-refractivity contribution is 6.21. The van der Waals surface area contributed by atoms with Gasteiger partial charge in [0.1, 0.15) is 0 Å². The molecule has 2 aliphatic carbocycles. The van der Waals surface area contributed by atoms with Crippen LogP contribution in [0.2, 0.25) is 0 Å². The molecule has 4 aliphatic heterocycles. The van der Waals surface area contributed by atoms with Crippen molar-refractivity contribution in [3.05, 3.63) is 0 Å². The van der Waals surface area contributed by atoms with E-state index in [-0.39, 0.29) is 54.2 Å². The topological polar surface area (TPSA) is 131 Å². The molecule has 2 saturated carbocycles. The summed E-state index contributed by atoms with van der Waals surface area (Å²) in [6.07, 6.45) is 7.92. The summed E-state index contributed by atoms with van der Waals surface area (Å²) in [5.74, 6) is 0.971. The molecule has 0 bridgehead atoms. The molecule has 0 spiro atoms. The predicted molar refractivity (Wildman–Crippen MR) is 171 cm³/mol. The van der Waals surface area contributed by atoms with Crippen LogP contribution in [0.15, 0.2) is 0 Å². The minimum atomic E-state index is -0.613. The van der Waals surface area contributed by atoms with E-state index in [2.05, 4.69) is 31.1 Å². The predicted octanol–water partition coefficient (Wildman–Crippen LogP) is 0.0919. The van der Waals surface area contributed by atoms with Gasteiger partial charge in [-0.05, 0) is 63.3 Å². The number of ether oxygens (including phenoxy) is 2. The Bertz CT molecular complexity index is 980. The normalized spacial score (nSPS) is 37.5. The van der Waals surface area contributed by atoms with Crippen molar-refractivity contribution < 1.29 is 24.2 Å². The molecule has 45 heavy (non-hydrogen) atoms. The number of amides is 2. The molecule has 2 amide bonds. The van der Waals surface area contributed by atoms with Crippen LogP contribution in [0.5, 0.6) is 0 Å². The lowest BCUT2D eigenvalue weighted by Gasteiger charge is -2.46. The van der Waals surface area contributed by atoms with Gasteiger partial charge in [-0.3, -0.25) is 30.4 Å². The number of piperazine rings is 1. The van der Waals surface area contributed by atoms with Crippen LogP contribution < -0.4 is 21.3 Å². The Morgan fingerprint density at radius 3 is 2.62 bits per heavy atom. The summed E-state index contributed by atoms with van der Waals surface area (Å²) in [7, 11) is 0. The van der Waals surface area contributed by atoms with E-state index in [4.69, 9.17) is 21.1 Å². The van der Waals surface area contributed by atoms with Crippen molar-refractivity contribution in [3.63, 3.8) is 0 Å². The van der Waals surface area contributed by atoms with Crippen molar-refractivity contribution in [1.82, 2.24) is 36.0 Å². The molecular formula is C32H56ClN7O5. The molecule has 0 aromatic heterocycles. The molecule has 6 rings (SSSR count). The van der Waals surface area contributed by atoms with Crippen LogP contribution in [0.1, 0.15) is 58.3 Å². The highest BCUT2D eigenvalue weighted by Crippen LogP contribution is 2.40. The number of halogens is 1. The molecule has 0 aromatic rings. The summed E-state index contributed by atoms with van der Waals surface area (Å²) >= 11 is 6.96. The average Bonchev–Trinajstić information content (AvgIpc) is 3.55. The third-order valence-electron chi connectivity index (χ3n) is 11.3. The van der Waals surface area contributed by atoms with E-state index in [1.54, 1.807) is 6.92 Å². The average molecular weight is 654 g/mol. The van der Waals surface area contributed by atoms with Crippen molar-refractivity contribution in [2.45, 2.75) is 100 Å². The number of nitrogens with one attached hydrogen (secondary N) is 4. The van der Waals surface area contributed by atoms with Crippen LogP contribution in [0, 0.1) is 17.8 Å². The van der Waals surface area contributed by atoms with E-state index in [0.29, 0.717) is 37.8 Å². The highest BCUT2D eigenvalue weighted by Gasteiger charge is 2.42. The zero-order valence-electron chi connectivity index (χ0n) is 27.0. The van der Waals surface area contributed by atoms with Crippen LogP contribution in [0.4, 0.5) is 0 Å². The molecular weight excluding hydrogens is 598 g/mol. The first-order chi connectivity index (χ1) is 21.8. The van der Waals surface area contributed by atoms with E-state index in [1.807, 2.05) is 4.90 Å². The van der Waals surface area contributed by atoms with Gasteiger partial charge in [0, 0.05) is 71.2 Å². The van der Waals surface area contributed by atoms with E-state index in [9.17, 15) is 14.7 Å². The second-order valence-corrected chi connectivity index (χ2v) is 14.9. The van der Waals surface area contributed by atoms with Gasteiger partial charge in [0.05, 0.1) is 49.4 Å². The number of rotatable bonds is 11. The van der Waals surface area contributed by atoms with Gasteiger partial charge in [-0.2, -0.15) is 0 Å². The molecule has 4 saturated heterocycles. The lowest BCUT2D eigenvalue weighted by atomic mass is 9.73. The van der Waals surface area contributed by atoms with Gasteiger partial charge in [0.15, 0.2) is 0 Å². The van der Waals surface area contributed by atoms with Crippen molar-refractivity contribution in [1.29, 1.82) is 0 Å². The van der Waals surface area contributed by atoms with E-state index in [0.717, 1.165) is 77.9 Å². The SMILES string of the molecule is CC(=O)N1CCN(C2CC(C(=O)NC[C@H](O)CN3CCC4C(CCC(OCC5CNCO5)C4Cl)C3)CC(NC3CCC3)N2)CC1. The number of hydrogen-bond donors (Lipinski definition) is 5. The molecule has 13 heteroatoms. The van der Waals surface area contributed by atoms with E-state index < -0.39 is 6.10 Å². The van der Waals surface area contributed by atoms with Gasteiger partial charge in [-0.25, -0.2) is 0 Å². The largest absolute Gasteiger partial charge is 0.390 e. The van der Waals surface area contributed by atoms with Gasteiger partial charge in [0.25, 0.3) is 0 Å². The number of piperidine rings is 2. The molecule has 6 fully saturated rings. The van der Waals surface area contributed by atoms with Crippen molar-refractivity contribution in [2.75, 3.05) is 72.2 Å². The second-order valence-electron chi connectivity index (χ2n) is 14.4. The van der Waals surface area contributed by atoms with Crippen LogP contribution in [-0.2, 0) is 19.1 Å². The van der Waals surface area contributed by atoms with Gasteiger partial charge in [-0.1, -0.05) is 6.42 Å². The maximum absolute atomic E-state index is 13.5. The number of aliphatic hydroxyl groups excluding tert-OH is 1. The third kappa shape index (κ3) is 8.88. The zero-order valence-corrected chi connectivity index (χ0v) is 27.8. The summed E-state index contributed by atoms with van der Waals surface area (Å²) in [6.45, 7) is 9.38. The van der Waals surface area contributed by atoms with Crippen molar-refractivity contribution in [2.24, 2.45) is 17.8 Å². The fourth-order valence-corrected chi connectivity index (χ4v) is 8.87. The maximum atomic E-state index is 13.5. The molecule has 0 aromatic carbocycles. The first-order valence-electron chi connectivity index (χ1n) is 17.6. The Balaban J connectivity index is 0.939. The summed E-state index contributed by atoms with van der Waals surface area (Å²) < 4.78 is 11.8. The van der Waals surface area contributed by atoms with Gasteiger partial charge in [0.2, 0.25) is 11.8 Å². The van der Waals surface area contributed by atoms with Crippen LogP contribution in [0.3, 0.4) is 0 Å². The Morgan fingerprint density at radius 1 is 1.09 bits per heavy atom. The van der Waals surface area contributed by atoms with E-state index in [1.165, 1.54) is 19.3 Å². The number of carbonyl (C=O) groups is 2. The Hall–Kier alpha value is -1.09. The Morgan fingerprint density at radius 2 is 1.91 bits per heavy atom. The summed E-state index contributed by atoms with van der Waals surface area (Å²) in [4.78, 5) is 31.9. The lowest BCUT2D eigenvalue weighted by Crippen LogP contribution is -2.64. The van der Waals surface area contributed by atoms with Crippen molar-refractivity contribution in [3.8, 4) is 0 Å². The quantitative estimate of drug-likeness (QED) is 0.196. The number of alkyl halides is 1. The Labute approximate surface area is 273 Å². The first-order valence-corrected chi connectivity index (χ1v) is 18.0. The maximum Gasteiger partial charge on any atom is 0.223 e. The molecule has 6 aliphatic rings. The minimum Gasteiger partial charge on any atom is -0.390 e. The van der Waals surface area contributed by atoms with Gasteiger partial charge < -0.3 is 29.7 Å². The van der Waals surface area contributed by atoms with Crippen LogP contribution in [0.25, 0.3) is 0 Å². The minimum absolute atomic E-state index is 0.0129. The second kappa shape index (κ2) is 15.9. The smallest absolute Gasteiger partial charge is 0.223 e.